The van der Waals surface area contributed by atoms with Gasteiger partial charge in [-0.25, -0.2) is 0 Å². The second-order valence-electron chi connectivity index (χ2n) is 5.47. The molecule has 1 aliphatic rings. The summed E-state index contributed by atoms with van der Waals surface area (Å²) in [6.07, 6.45) is -40.0. The van der Waals surface area contributed by atoms with E-state index in [1.807, 2.05) is 0 Å². The van der Waals surface area contributed by atoms with Gasteiger partial charge in [-0.05, 0) is 0 Å². The van der Waals surface area contributed by atoms with Crippen LogP contribution >= 0.6 is 11.6 Å². The predicted molar refractivity (Wildman–Crippen MR) is 60.5 cm³/mol. The number of halogens is 17. The summed E-state index contributed by atoms with van der Waals surface area (Å²) in [6, 6.07) is 0. The Balaban J connectivity index is 3.78. The lowest BCUT2D eigenvalue weighted by Gasteiger charge is -2.42. The smallest absolute Gasteiger partial charge is 0.318 e. The van der Waals surface area contributed by atoms with Gasteiger partial charge in [0, 0.05) is 6.08 Å². The van der Waals surface area contributed by atoms with E-state index >= 15 is 0 Å². The maximum Gasteiger partial charge on any atom is 0.423 e. The molecule has 0 saturated heterocycles. The molecule has 0 aromatic rings. The van der Waals surface area contributed by atoms with E-state index in [2.05, 4.69) is 21.1 Å². The van der Waals surface area contributed by atoms with Gasteiger partial charge in [-0.15, -0.1) is 0 Å². The molecule has 0 bridgehead atoms. The third-order valence-corrected chi connectivity index (χ3v) is 3.57. The summed E-state index contributed by atoms with van der Waals surface area (Å²) in [5.41, 5.74) is 0. The van der Waals surface area contributed by atoms with E-state index in [9.17, 15) is 70.2 Å². The van der Waals surface area contributed by atoms with Gasteiger partial charge in [0.1, 0.15) is 0 Å². The zero-order valence-corrected chi connectivity index (χ0v) is 13.7. The van der Waals surface area contributed by atoms with Gasteiger partial charge in [0.25, 0.3) is 18.0 Å². The quantitative estimate of drug-likeness (QED) is 0.339. The Hall–Kier alpha value is -1.17. The van der Waals surface area contributed by atoms with Gasteiger partial charge < -0.3 is 9.47 Å². The van der Waals surface area contributed by atoms with Crippen LogP contribution in [0.5, 0.6) is 0 Å². The average Bonchev–Trinajstić information content (AvgIpc) is 2.52. The Kier molecular flexibility index (Phi) is 6.43. The SMILES string of the molecule is FC(F)(F)C(OC1(OC(C(F)(F)F)C(F)(F)F)C(Cl)=CC(F)(F)C1(F)F)C(F)(F)F. The fourth-order valence-electron chi connectivity index (χ4n) is 1.97. The van der Waals surface area contributed by atoms with E-state index in [0.29, 0.717) is 0 Å². The molecule has 0 saturated carbocycles. The Bertz CT molecular complexity index is 607. The van der Waals surface area contributed by atoms with Crippen LogP contribution < -0.4 is 0 Å². The average molecular weight is 507 g/mol. The topological polar surface area (TPSA) is 18.5 Å². The summed E-state index contributed by atoms with van der Waals surface area (Å²) in [4.78, 5) is 0. The highest BCUT2D eigenvalue weighted by Gasteiger charge is 2.81. The molecule has 1 rings (SSSR count). The number of hydrogen-bond acceptors (Lipinski definition) is 2. The van der Waals surface area contributed by atoms with Crippen LogP contribution in [-0.4, -0.2) is 54.5 Å². The summed E-state index contributed by atoms with van der Waals surface area (Å²) >= 11 is 4.67. The number of alkyl halides is 16. The highest BCUT2D eigenvalue weighted by molar-refractivity contribution is 6.31. The number of allylic oxidation sites excluding steroid dienone is 1. The van der Waals surface area contributed by atoms with E-state index in [4.69, 9.17) is 0 Å². The largest absolute Gasteiger partial charge is 0.423 e. The Morgan fingerprint density at radius 3 is 1.07 bits per heavy atom. The third-order valence-electron chi connectivity index (χ3n) is 3.21. The van der Waals surface area contributed by atoms with E-state index in [0.717, 1.165) is 0 Å². The highest BCUT2D eigenvalue weighted by atomic mass is 35.5. The van der Waals surface area contributed by atoms with Crippen molar-refractivity contribution in [3.63, 3.8) is 0 Å². The zero-order chi connectivity index (χ0) is 24.4. The number of hydrogen-bond donors (Lipinski definition) is 0. The van der Waals surface area contributed by atoms with Crippen LogP contribution in [0.25, 0.3) is 0 Å². The van der Waals surface area contributed by atoms with Crippen molar-refractivity contribution < 1.29 is 79.7 Å². The third kappa shape index (κ3) is 4.68. The van der Waals surface area contributed by atoms with Gasteiger partial charge in [0.05, 0.1) is 5.03 Å². The Morgan fingerprint density at radius 1 is 0.633 bits per heavy atom. The molecule has 0 fully saturated rings. The summed E-state index contributed by atoms with van der Waals surface area (Å²) in [5.74, 6) is -18.7. The minimum Gasteiger partial charge on any atom is -0.318 e. The fourth-order valence-corrected chi connectivity index (χ4v) is 2.32. The van der Waals surface area contributed by atoms with Crippen molar-refractivity contribution in [2.24, 2.45) is 0 Å². The fraction of sp³-hybridized carbons (Fsp3) is 0.818. The maximum absolute atomic E-state index is 14.0. The van der Waals surface area contributed by atoms with Crippen LogP contribution in [0, 0.1) is 0 Å². The molecule has 2 nitrogen and oxygen atoms in total. The first-order valence-electron chi connectivity index (χ1n) is 6.57. The Morgan fingerprint density at radius 2 is 0.900 bits per heavy atom. The van der Waals surface area contributed by atoms with Crippen LogP contribution in [0.2, 0.25) is 0 Å². The molecular weight excluding hydrogens is 504 g/mol. The summed E-state index contributed by atoms with van der Waals surface area (Å²) in [7, 11) is 0. The molecule has 0 spiro atoms. The molecule has 1 aliphatic carbocycles. The van der Waals surface area contributed by atoms with E-state index in [1.165, 1.54) is 0 Å². The first-order chi connectivity index (χ1) is 12.8. The van der Waals surface area contributed by atoms with E-state index in [-0.39, 0.29) is 0 Å². The molecule has 0 heterocycles. The Labute approximate surface area is 158 Å². The van der Waals surface area contributed by atoms with E-state index in [1.54, 1.807) is 0 Å². The van der Waals surface area contributed by atoms with Gasteiger partial charge in [0.15, 0.2) is 0 Å². The van der Waals surface area contributed by atoms with Crippen LogP contribution in [-0.2, 0) is 9.47 Å². The second kappa shape index (κ2) is 7.18. The van der Waals surface area contributed by atoms with Crippen molar-refractivity contribution >= 4 is 11.6 Å². The van der Waals surface area contributed by atoms with Crippen molar-refractivity contribution in [1.82, 2.24) is 0 Å². The summed E-state index contributed by atoms with van der Waals surface area (Å²) in [6.45, 7) is 0. The van der Waals surface area contributed by atoms with Crippen LogP contribution in [0.1, 0.15) is 0 Å². The molecular formula is C11H3ClF16O2. The molecule has 178 valence electrons. The highest BCUT2D eigenvalue weighted by Crippen LogP contribution is 2.59. The standard InChI is InChI=1S/C11H3ClF16O2/c12-2-1-5(13,14)11(27,28)6(2,29-3(7(15,16)17)8(18,19)20)30-4(9(21,22)23)10(24,25)26/h1,3-4H. The van der Waals surface area contributed by atoms with Gasteiger partial charge in [-0.3, -0.25) is 0 Å². The van der Waals surface area contributed by atoms with Crippen LogP contribution in [0.15, 0.2) is 11.1 Å². The first-order valence-corrected chi connectivity index (χ1v) is 6.95. The molecule has 0 aliphatic heterocycles. The molecule has 0 N–H and O–H groups in total. The molecule has 30 heavy (non-hydrogen) atoms. The summed E-state index contributed by atoms with van der Waals surface area (Å²) < 4.78 is 211. The lowest BCUT2D eigenvalue weighted by atomic mass is 10.1. The number of ether oxygens (including phenoxy) is 2. The summed E-state index contributed by atoms with van der Waals surface area (Å²) in [5, 5.41) is -2.82. The van der Waals surface area contributed by atoms with Gasteiger partial charge in [0.2, 0.25) is 0 Å². The van der Waals surface area contributed by atoms with Crippen LogP contribution in [0.3, 0.4) is 0 Å². The molecule has 19 heteroatoms. The first kappa shape index (κ1) is 26.9. The van der Waals surface area contributed by atoms with Crippen molar-refractivity contribution in [2.75, 3.05) is 0 Å². The van der Waals surface area contributed by atoms with Gasteiger partial charge in [-0.1, -0.05) is 11.6 Å². The molecule has 0 radical (unpaired) electrons. The monoisotopic (exact) mass is 506 g/mol. The van der Waals surface area contributed by atoms with Gasteiger partial charge in [-0.2, -0.15) is 70.2 Å². The normalized spacial score (nSPS) is 22.0. The molecule has 0 amide bonds. The van der Waals surface area contributed by atoms with Gasteiger partial charge >= 0.3 is 36.6 Å². The number of rotatable bonds is 4. The van der Waals surface area contributed by atoms with Crippen LogP contribution in [0.4, 0.5) is 70.2 Å². The second-order valence-corrected chi connectivity index (χ2v) is 5.88. The van der Waals surface area contributed by atoms with Crippen molar-refractivity contribution in [3.05, 3.63) is 11.1 Å². The molecule has 0 aromatic heterocycles. The zero-order valence-electron chi connectivity index (χ0n) is 13.0. The maximum atomic E-state index is 14.0. The van der Waals surface area contributed by atoms with Crippen molar-refractivity contribution in [2.45, 2.75) is 54.5 Å². The minimum atomic E-state index is -6.84. The molecule has 0 unspecified atom stereocenters. The lowest BCUT2D eigenvalue weighted by molar-refractivity contribution is -0.452. The molecule has 0 atom stereocenters. The minimum absolute atomic E-state index is 1.40. The van der Waals surface area contributed by atoms with Crippen molar-refractivity contribution in [1.29, 1.82) is 0 Å². The van der Waals surface area contributed by atoms with E-state index < -0.39 is 65.7 Å². The molecule has 0 aromatic carbocycles. The lowest BCUT2D eigenvalue weighted by Crippen LogP contribution is -2.65. The van der Waals surface area contributed by atoms with Crippen molar-refractivity contribution in [3.8, 4) is 0 Å². The predicted octanol–water partition coefficient (Wildman–Crippen LogP) is 6.11.